The van der Waals surface area contributed by atoms with Crippen molar-refractivity contribution in [1.29, 1.82) is 0 Å². The lowest BCUT2D eigenvalue weighted by Crippen LogP contribution is -2.37. The molecule has 1 aliphatic rings. The summed E-state index contributed by atoms with van der Waals surface area (Å²) in [5.41, 5.74) is 0. The largest absolute Gasteiger partial charge is 0.469 e. The number of nitrogens with zero attached hydrogens (tertiary/aromatic N) is 2. The molecule has 6 heteroatoms. The van der Waals surface area contributed by atoms with Gasteiger partial charge in [0.05, 0.1) is 12.3 Å². The third-order valence-corrected chi connectivity index (χ3v) is 4.41. The molecule has 1 saturated heterocycles. The van der Waals surface area contributed by atoms with Crippen molar-refractivity contribution in [1.82, 2.24) is 15.5 Å². The maximum Gasteiger partial charge on any atom is 0.244 e. The Balaban J connectivity index is 1.62. The fraction of sp³-hybridized carbons (Fsp3) is 0.647. The lowest BCUT2D eigenvalue weighted by atomic mass is 9.90. The Kier molecular flexibility index (Phi) is 5.46. The molecule has 0 amide bonds. The monoisotopic (exact) mass is 319 g/mol. The minimum atomic E-state index is 0.0895. The van der Waals surface area contributed by atoms with Gasteiger partial charge in [0.1, 0.15) is 5.76 Å². The molecule has 126 valence electrons. The van der Waals surface area contributed by atoms with Crippen LogP contribution >= 0.6 is 0 Å². The van der Waals surface area contributed by atoms with Gasteiger partial charge in [0.15, 0.2) is 5.82 Å². The highest BCUT2D eigenvalue weighted by atomic mass is 16.5. The van der Waals surface area contributed by atoms with Crippen LogP contribution in [0.15, 0.2) is 27.3 Å². The summed E-state index contributed by atoms with van der Waals surface area (Å²) in [5, 5.41) is 7.64. The molecular weight excluding hydrogens is 294 g/mol. The normalized spacial score (nSPS) is 18.9. The highest BCUT2D eigenvalue weighted by Gasteiger charge is 2.30. The number of aromatic nitrogens is 2. The average molecular weight is 319 g/mol. The van der Waals surface area contributed by atoms with Crippen LogP contribution in [0.4, 0.5) is 0 Å². The van der Waals surface area contributed by atoms with Gasteiger partial charge in [0.25, 0.3) is 0 Å². The zero-order chi connectivity index (χ0) is 16.1. The summed E-state index contributed by atoms with van der Waals surface area (Å²) >= 11 is 0. The van der Waals surface area contributed by atoms with E-state index in [-0.39, 0.29) is 6.04 Å². The van der Waals surface area contributed by atoms with Crippen molar-refractivity contribution < 1.29 is 13.7 Å². The smallest absolute Gasteiger partial charge is 0.244 e. The second-order valence-electron chi connectivity index (χ2n) is 6.29. The van der Waals surface area contributed by atoms with E-state index in [2.05, 4.69) is 22.4 Å². The van der Waals surface area contributed by atoms with E-state index < -0.39 is 0 Å². The van der Waals surface area contributed by atoms with Crippen LogP contribution < -0.4 is 5.32 Å². The highest BCUT2D eigenvalue weighted by molar-refractivity contribution is 5.00. The van der Waals surface area contributed by atoms with Crippen molar-refractivity contribution in [2.45, 2.75) is 51.6 Å². The molecule has 0 radical (unpaired) electrons. The second kappa shape index (κ2) is 7.75. The summed E-state index contributed by atoms with van der Waals surface area (Å²) in [5.74, 6) is 2.87. The molecule has 1 aliphatic heterocycles. The molecule has 3 heterocycles. The van der Waals surface area contributed by atoms with Crippen molar-refractivity contribution in [2.75, 3.05) is 13.2 Å². The summed E-state index contributed by atoms with van der Waals surface area (Å²) in [7, 11) is 0. The number of furan rings is 1. The van der Waals surface area contributed by atoms with Crippen molar-refractivity contribution in [3.05, 3.63) is 35.9 Å². The minimum Gasteiger partial charge on any atom is -0.469 e. The van der Waals surface area contributed by atoms with Crippen molar-refractivity contribution >= 4 is 0 Å². The summed E-state index contributed by atoms with van der Waals surface area (Å²) in [4.78, 5) is 4.45. The Morgan fingerprint density at radius 2 is 2.17 bits per heavy atom. The molecule has 2 aromatic heterocycles. The quantitative estimate of drug-likeness (QED) is 0.845. The van der Waals surface area contributed by atoms with Gasteiger partial charge in [-0.3, -0.25) is 0 Å². The van der Waals surface area contributed by atoms with Crippen LogP contribution in [0.3, 0.4) is 0 Å². The Morgan fingerprint density at radius 1 is 1.35 bits per heavy atom. The van der Waals surface area contributed by atoms with Crippen LogP contribution in [0.1, 0.15) is 49.7 Å². The minimum absolute atomic E-state index is 0.0895. The topological polar surface area (TPSA) is 73.3 Å². The Morgan fingerprint density at radius 3 is 2.83 bits per heavy atom. The lowest BCUT2D eigenvalue weighted by Gasteiger charge is -2.30. The SMILES string of the molecule is Cc1noc([C@H](N[C@H](C)CCc2ccco2)C2CCOCC2)n1. The predicted octanol–water partition coefficient (Wildman–Crippen LogP) is 3.05. The standard InChI is InChI=1S/C17H25N3O3/c1-12(5-6-15-4-3-9-22-15)18-16(14-7-10-21-11-8-14)17-19-13(2)20-23-17/h3-4,9,12,14,16,18H,5-8,10-11H2,1-2H3/t12-,16-/m1/s1. The van der Waals surface area contributed by atoms with Gasteiger partial charge in [-0.1, -0.05) is 5.16 Å². The molecule has 0 aliphatic carbocycles. The maximum atomic E-state index is 5.49. The van der Waals surface area contributed by atoms with Crippen LogP contribution in [0.5, 0.6) is 0 Å². The van der Waals surface area contributed by atoms with Gasteiger partial charge in [-0.2, -0.15) is 4.98 Å². The van der Waals surface area contributed by atoms with Crippen LogP contribution in [0, 0.1) is 12.8 Å². The van der Waals surface area contributed by atoms with Crippen LogP contribution in [-0.4, -0.2) is 29.4 Å². The first-order valence-electron chi connectivity index (χ1n) is 8.39. The number of ether oxygens (including phenoxy) is 1. The van der Waals surface area contributed by atoms with Gasteiger partial charge >= 0.3 is 0 Å². The summed E-state index contributed by atoms with van der Waals surface area (Å²) in [6, 6.07) is 4.37. The molecule has 2 atom stereocenters. The first-order valence-corrected chi connectivity index (χ1v) is 8.39. The van der Waals surface area contributed by atoms with E-state index in [1.807, 2.05) is 19.1 Å². The number of nitrogens with one attached hydrogen (secondary N) is 1. The third-order valence-electron chi connectivity index (χ3n) is 4.41. The van der Waals surface area contributed by atoms with Gasteiger partial charge in [-0.25, -0.2) is 0 Å². The zero-order valence-corrected chi connectivity index (χ0v) is 13.8. The zero-order valence-electron chi connectivity index (χ0n) is 13.8. The molecule has 0 saturated carbocycles. The van der Waals surface area contributed by atoms with E-state index >= 15 is 0 Å². The van der Waals surface area contributed by atoms with E-state index in [1.165, 1.54) is 0 Å². The molecule has 0 spiro atoms. The third kappa shape index (κ3) is 4.42. The van der Waals surface area contributed by atoms with E-state index in [0.29, 0.717) is 23.7 Å². The van der Waals surface area contributed by atoms with Crippen LogP contribution in [-0.2, 0) is 11.2 Å². The summed E-state index contributed by atoms with van der Waals surface area (Å²) < 4.78 is 16.3. The van der Waals surface area contributed by atoms with E-state index in [1.54, 1.807) is 6.26 Å². The fourth-order valence-corrected chi connectivity index (χ4v) is 3.10. The van der Waals surface area contributed by atoms with E-state index in [4.69, 9.17) is 13.7 Å². The first-order chi connectivity index (χ1) is 11.2. The van der Waals surface area contributed by atoms with Crippen molar-refractivity contribution in [3.8, 4) is 0 Å². The predicted molar refractivity (Wildman–Crippen MR) is 84.9 cm³/mol. The molecule has 6 nitrogen and oxygen atoms in total. The van der Waals surface area contributed by atoms with Crippen molar-refractivity contribution in [3.63, 3.8) is 0 Å². The molecule has 0 unspecified atom stereocenters. The average Bonchev–Trinajstić information content (AvgIpc) is 3.23. The lowest BCUT2D eigenvalue weighted by molar-refractivity contribution is 0.0469. The molecular formula is C17H25N3O3. The van der Waals surface area contributed by atoms with Gasteiger partial charge in [0, 0.05) is 25.7 Å². The first kappa shape index (κ1) is 16.2. The highest BCUT2D eigenvalue weighted by Crippen LogP contribution is 2.30. The van der Waals surface area contributed by atoms with Gasteiger partial charge < -0.3 is 19.0 Å². The van der Waals surface area contributed by atoms with Gasteiger partial charge in [0.2, 0.25) is 5.89 Å². The summed E-state index contributed by atoms with van der Waals surface area (Å²) in [6.45, 7) is 5.65. The van der Waals surface area contributed by atoms with E-state index in [9.17, 15) is 0 Å². The molecule has 1 fully saturated rings. The van der Waals surface area contributed by atoms with Crippen LogP contribution in [0.2, 0.25) is 0 Å². The van der Waals surface area contributed by atoms with Crippen molar-refractivity contribution in [2.24, 2.45) is 5.92 Å². The molecule has 2 aromatic rings. The Labute approximate surface area is 136 Å². The van der Waals surface area contributed by atoms with Crippen LogP contribution in [0.25, 0.3) is 0 Å². The van der Waals surface area contributed by atoms with Gasteiger partial charge in [-0.15, -0.1) is 0 Å². The Bertz CT molecular complexity index is 576. The molecule has 3 rings (SSSR count). The fourth-order valence-electron chi connectivity index (χ4n) is 3.10. The maximum absolute atomic E-state index is 5.49. The van der Waals surface area contributed by atoms with E-state index in [0.717, 1.165) is 44.7 Å². The molecule has 23 heavy (non-hydrogen) atoms. The summed E-state index contributed by atoms with van der Waals surface area (Å²) in [6.07, 6.45) is 5.68. The molecule has 0 aromatic carbocycles. The molecule has 0 bridgehead atoms. The number of aryl methyl sites for hydroxylation is 2. The Hall–Kier alpha value is -1.66. The molecule has 1 N–H and O–H groups in total. The van der Waals surface area contributed by atoms with Gasteiger partial charge in [-0.05, 0) is 51.2 Å². The number of rotatable bonds is 7. The number of hydrogen-bond donors (Lipinski definition) is 1. The second-order valence-corrected chi connectivity index (χ2v) is 6.29. The number of hydrogen-bond acceptors (Lipinski definition) is 6.